The number of allylic oxidation sites excluding steroid dienone is 2. The highest BCUT2D eigenvalue weighted by atomic mass is 32.2. The van der Waals surface area contributed by atoms with Crippen LogP contribution >= 0.6 is 11.9 Å². The zero-order valence-corrected chi connectivity index (χ0v) is 14.7. The Morgan fingerprint density at radius 2 is 2.36 bits per heavy atom. The quantitative estimate of drug-likeness (QED) is 0.511. The molecule has 0 spiro atoms. The Morgan fingerprint density at radius 3 is 3.12 bits per heavy atom. The van der Waals surface area contributed by atoms with Crippen molar-refractivity contribution in [1.82, 2.24) is 9.62 Å². The van der Waals surface area contributed by atoms with Gasteiger partial charge in [0.05, 0.1) is 13.2 Å². The Hall–Kier alpha value is -2.54. The summed E-state index contributed by atoms with van der Waals surface area (Å²) in [6, 6.07) is 5.40. The van der Waals surface area contributed by atoms with Gasteiger partial charge in [0, 0.05) is 17.5 Å². The van der Waals surface area contributed by atoms with Crippen LogP contribution in [0.2, 0.25) is 0 Å². The molecule has 0 bridgehead atoms. The minimum atomic E-state index is -0.384. The summed E-state index contributed by atoms with van der Waals surface area (Å²) < 4.78 is 6.44. The van der Waals surface area contributed by atoms with Crippen molar-refractivity contribution in [3.05, 3.63) is 53.3 Å². The van der Waals surface area contributed by atoms with Crippen LogP contribution in [0.25, 0.3) is 0 Å². The Balaban J connectivity index is 1.68. The standard InChI is InChI=1S/C18H19N3O3S/c1-19-9-3-4-13-11-25-21(17(13)22)18(23)20-16-8-6-12-5-7-14(24-2)10-15(12)16/h3-5,7,9-10,16H,1,6,8,11H2,2H3,(H,20,23)/b9-3-,13-4+. The summed E-state index contributed by atoms with van der Waals surface area (Å²) in [5.74, 6) is 0.933. The van der Waals surface area contributed by atoms with E-state index >= 15 is 0 Å². The maximum absolute atomic E-state index is 12.5. The number of carbonyl (C=O) groups excluding carboxylic acids is 2. The topological polar surface area (TPSA) is 71.0 Å². The molecule has 0 saturated carbocycles. The van der Waals surface area contributed by atoms with Crippen molar-refractivity contribution in [2.24, 2.45) is 4.99 Å². The number of nitrogens with one attached hydrogen (secondary N) is 1. The number of nitrogens with zero attached hydrogens (tertiary/aromatic N) is 2. The molecule has 0 radical (unpaired) electrons. The second kappa shape index (κ2) is 7.57. The van der Waals surface area contributed by atoms with E-state index in [9.17, 15) is 9.59 Å². The second-order valence-electron chi connectivity index (χ2n) is 5.69. The van der Waals surface area contributed by atoms with Crippen LogP contribution < -0.4 is 10.1 Å². The fourth-order valence-corrected chi connectivity index (χ4v) is 3.83. The smallest absolute Gasteiger partial charge is 0.335 e. The zero-order chi connectivity index (χ0) is 17.8. The first-order valence-electron chi connectivity index (χ1n) is 7.90. The number of methoxy groups -OCH3 is 1. The van der Waals surface area contributed by atoms with Gasteiger partial charge < -0.3 is 10.1 Å². The van der Waals surface area contributed by atoms with Crippen LogP contribution in [0.15, 0.2) is 47.1 Å². The number of carbonyl (C=O) groups is 2. The minimum absolute atomic E-state index is 0.108. The van der Waals surface area contributed by atoms with Gasteiger partial charge in [-0.2, -0.15) is 0 Å². The maximum atomic E-state index is 12.5. The predicted octanol–water partition coefficient (Wildman–Crippen LogP) is 3.02. The number of urea groups is 1. The number of hydrogen-bond donors (Lipinski definition) is 1. The predicted molar refractivity (Wildman–Crippen MR) is 98.7 cm³/mol. The largest absolute Gasteiger partial charge is 0.497 e. The lowest BCUT2D eigenvalue weighted by Gasteiger charge is -2.18. The number of amides is 3. The molecule has 2 aliphatic rings. The molecule has 1 aromatic rings. The minimum Gasteiger partial charge on any atom is -0.497 e. The fourth-order valence-electron chi connectivity index (χ4n) is 2.94. The number of imide groups is 1. The molecular weight excluding hydrogens is 338 g/mol. The summed E-state index contributed by atoms with van der Waals surface area (Å²) in [5, 5.41) is 2.96. The van der Waals surface area contributed by atoms with Gasteiger partial charge in [0.25, 0.3) is 5.91 Å². The molecule has 1 unspecified atom stereocenters. The summed E-state index contributed by atoms with van der Waals surface area (Å²) in [6.07, 6.45) is 6.51. The van der Waals surface area contributed by atoms with Crippen LogP contribution in [0, 0.1) is 0 Å². The molecule has 1 fully saturated rings. The number of rotatable bonds is 4. The molecule has 25 heavy (non-hydrogen) atoms. The van der Waals surface area contributed by atoms with Crippen LogP contribution in [0.1, 0.15) is 23.6 Å². The van der Waals surface area contributed by atoms with Crippen LogP contribution in [0.3, 0.4) is 0 Å². The molecular formula is C18H19N3O3S. The number of ether oxygens (including phenoxy) is 1. The molecule has 1 atom stereocenters. The van der Waals surface area contributed by atoms with Crippen molar-refractivity contribution in [3.63, 3.8) is 0 Å². The number of aliphatic imine (C=N–C) groups is 1. The second-order valence-corrected chi connectivity index (χ2v) is 6.61. The van der Waals surface area contributed by atoms with Gasteiger partial charge in [-0.3, -0.25) is 9.79 Å². The van der Waals surface area contributed by atoms with Gasteiger partial charge in [0.15, 0.2) is 0 Å². The Labute approximate surface area is 150 Å². The van der Waals surface area contributed by atoms with Gasteiger partial charge in [0.2, 0.25) is 0 Å². The Morgan fingerprint density at radius 1 is 1.52 bits per heavy atom. The third kappa shape index (κ3) is 3.61. The lowest BCUT2D eigenvalue weighted by molar-refractivity contribution is -0.119. The summed E-state index contributed by atoms with van der Waals surface area (Å²) >= 11 is 1.20. The summed E-state index contributed by atoms with van der Waals surface area (Å²) in [5.41, 5.74) is 2.82. The van der Waals surface area contributed by atoms with Gasteiger partial charge in [-0.05, 0) is 60.8 Å². The normalized spacial score (nSPS) is 21.0. The van der Waals surface area contributed by atoms with Crippen LogP contribution in [0.5, 0.6) is 5.75 Å². The highest BCUT2D eigenvalue weighted by Crippen LogP contribution is 2.35. The van der Waals surface area contributed by atoms with E-state index in [1.54, 1.807) is 19.3 Å². The molecule has 6 nitrogen and oxygen atoms in total. The lowest BCUT2D eigenvalue weighted by atomic mass is 10.1. The van der Waals surface area contributed by atoms with Crippen LogP contribution in [-0.2, 0) is 11.2 Å². The molecule has 130 valence electrons. The van der Waals surface area contributed by atoms with Crippen molar-refractivity contribution in [2.45, 2.75) is 18.9 Å². The average Bonchev–Trinajstić information content (AvgIpc) is 3.19. The Kier molecular flexibility index (Phi) is 5.23. The SMILES string of the molecule is C=N/C=C\C=C1/CSN(C(=O)NC2CCc3ccc(OC)cc32)C1=O. The van der Waals surface area contributed by atoms with E-state index in [1.165, 1.54) is 28.0 Å². The van der Waals surface area contributed by atoms with Crippen LogP contribution in [-0.4, -0.2) is 35.8 Å². The third-order valence-electron chi connectivity index (χ3n) is 4.21. The number of aryl methyl sites for hydroxylation is 1. The van der Waals surface area contributed by atoms with Gasteiger partial charge in [-0.25, -0.2) is 9.10 Å². The number of hydrogen-bond acceptors (Lipinski definition) is 5. The summed E-state index contributed by atoms with van der Waals surface area (Å²) in [7, 11) is 1.62. The average molecular weight is 357 g/mol. The van der Waals surface area contributed by atoms with Crippen molar-refractivity contribution in [3.8, 4) is 5.75 Å². The monoisotopic (exact) mass is 357 g/mol. The first-order valence-corrected chi connectivity index (χ1v) is 8.84. The van der Waals surface area contributed by atoms with E-state index in [1.807, 2.05) is 18.2 Å². The van der Waals surface area contributed by atoms with E-state index in [0.717, 1.165) is 24.2 Å². The first-order chi connectivity index (χ1) is 12.1. The third-order valence-corrected chi connectivity index (χ3v) is 5.24. The van der Waals surface area contributed by atoms with E-state index < -0.39 is 0 Å². The maximum Gasteiger partial charge on any atom is 0.335 e. The summed E-state index contributed by atoms with van der Waals surface area (Å²) in [4.78, 5) is 28.4. The molecule has 0 aromatic heterocycles. The number of benzene rings is 1. The molecule has 3 amide bonds. The van der Waals surface area contributed by atoms with Gasteiger partial charge in [0.1, 0.15) is 5.75 Å². The van der Waals surface area contributed by atoms with Gasteiger partial charge >= 0.3 is 6.03 Å². The molecule has 1 saturated heterocycles. The molecule has 7 heteroatoms. The molecule has 1 heterocycles. The molecule has 1 aliphatic carbocycles. The molecule has 1 aliphatic heterocycles. The van der Waals surface area contributed by atoms with Gasteiger partial charge in [-0.15, -0.1) is 0 Å². The summed E-state index contributed by atoms with van der Waals surface area (Å²) in [6.45, 7) is 3.34. The molecule has 1 aromatic carbocycles. The zero-order valence-electron chi connectivity index (χ0n) is 13.9. The molecule has 3 rings (SSSR count). The Bertz CT molecular complexity index is 773. The number of fused-ring (bicyclic) bond motifs is 1. The van der Waals surface area contributed by atoms with E-state index in [4.69, 9.17) is 4.74 Å². The van der Waals surface area contributed by atoms with E-state index in [-0.39, 0.29) is 18.0 Å². The van der Waals surface area contributed by atoms with Crippen molar-refractivity contribution >= 4 is 30.6 Å². The van der Waals surface area contributed by atoms with Crippen molar-refractivity contribution in [2.75, 3.05) is 12.9 Å². The van der Waals surface area contributed by atoms with Crippen molar-refractivity contribution in [1.29, 1.82) is 0 Å². The van der Waals surface area contributed by atoms with Crippen LogP contribution in [0.4, 0.5) is 4.79 Å². The van der Waals surface area contributed by atoms with Gasteiger partial charge in [-0.1, -0.05) is 12.1 Å². The fraction of sp³-hybridized carbons (Fsp3) is 0.278. The molecule has 1 N–H and O–H groups in total. The lowest BCUT2D eigenvalue weighted by Crippen LogP contribution is -2.38. The van der Waals surface area contributed by atoms with E-state index in [2.05, 4.69) is 17.0 Å². The highest BCUT2D eigenvalue weighted by molar-refractivity contribution is 7.98. The van der Waals surface area contributed by atoms with Crippen molar-refractivity contribution < 1.29 is 14.3 Å². The first kappa shape index (κ1) is 17.3. The van der Waals surface area contributed by atoms with E-state index in [0.29, 0.717) is 11.3 Å². The highest BCUT2D eigenvalue weighted by Gasteiger charge is 2.34.